The lowest BCUT2D eigenvalue weighted by atomic mass is 10.3. The third-order valence-electron chi connectivity index (χ3n) is 2.80. The number of pyridine rings is 1. The van der Waals surface area contributed by atoms with Gasteiger partial charge in [0.2, 0.25) is 0 Å². The number of carbonyl (C=O) groups excluding carboxylic acids is 1. The smallest absolute Gasteiger partial charge is 0.354 e. The van der Waals surface area contributed by atoms with E-state index in [1.807, 2.05) is 11.4 Å². The number of rotatable bonds is 4. The van der Waals surface area contributed by atoms with Crippen LogP contribution in [0.2, 0.25) is 0 Å². The minimum absolute atomic E-state index is 0.395. The molecule has 3 rings (SSSR count). The number of hydrogen-bond acceptors (Lipinski definition) is 6. The van der Waals surface area contributed by atoms with E-state index in [1.165, 1.54) is 7.11 Å². The number of aromatic nitrogens is 3. The second-order valence-corrected chi connectivity index (χ2v) is 5.09. The molecule has 0 atom stereocenters. The molecule has 20 heavy (non-hydrogen) atoms. The fourth-order valence-corrected chi connectivity index (χ4v) is 2.41. The number of H-pyrrole nitrogens is 1. The molecule has 0 bridgehead atoms. The lowest BCUT2D eigenvalue weighted by Crippen LogP contribution is -2.00. The Labute approximate surface area is 118 Å². The van der Waals surface area contributed by atoms with E-state index in [-0.39, 0.29) is 0 Å². The number of ether oxygens (including phenoxy) is 1. The summed E-state index contributed by atoms with van der Waals surface area (Å²) in [7, 11) is 1.35. The molecule has 0 spiro atoms. The maximum absolute atomic E-state index is 11.4. The quantitative estimate of drug-likeness (QED) is 0.721. The van der Waals surface area contributed by atoms with Gasteiger partial charge < -0.3 is 15.0 Å². The molecule has 0 aromatic carbocycles. The first-order chi connectivity index (χ1) is 9.76. The van der Waals surface area contributed by atoms with Crippen LogP contribution in [0.15, 0.2) is 29.9 Å². The van der Waals surface area contributed by atoms with Crippen molar-refractivity contribution in [1.82, 2.24) is 15.0 Å². The zero-order valence-corrected chi connectivity index (χ0v) is 11.5. The molecule has 102 valence electrons. The Bertz CT molecular complexity index is 736. The van der Waals surface area contributed by atoms with E-state index in [2.05, 4.69) is 25.0 Å². The zero-order valence-electron chi connectivity index (χ0n) is 10.7. The SMILES string of the molecule is COC(=O)c1cc2cc(NCc3nccs3)cnc2[nH]1. The van der Waals surface area contributed by atoms with E-state index >= 15 is 0 Å². The standard InChI is InChI=1S/C13H12N4O2S/c1-19-13(18)10-5-8-4-9(6-16-12(8)17-10)15-7-11-14-2-3-20-11/h2-6,15H,7H2,1H3,(H,16,17). The molecule has 0 unspecified atom stereocenters. The number of anilines is 1. The van der Waals surface area contributed by atoms with Gasteiger partial charge in [0.15, 0.2) is 0 Å². The van der Waals surface area contributed by atoms with Crippen molar-refractivity contribution in [2.24, 2.45) is 0 Å². The van der Waals surface area contributed by atoms with Crippen LogP contribution in [0, 0.1) is 0 Å². The molecule has 0 aliphatic heterocycles. The Morgan fingerprint density at radius 2 is 2.35 bits per heavy atom. The maximum Gasteiger partial charge on any atom is 0.354 e. The first kappa shape index (κ1) is 12.6. The second-order valence-electron chi connectivity index (χ2n) is 4.12. The highest BCUT2D eigenvalue weighted by Gasteiger charge is 2.10. The van der Waals surface area contributed by atoms with E-state index in [9.17, 15) is 4.79 Å². The average molecular weight is 288 g/mol. The van der Waals surface area contributed by atoms with Crippen molar-refractivity contribution in [2.45, 2.75) is 6.54 Å². The minimum Gasteiger partial charge on any atom is -0.464 e. The number of fused-ring (bicyclic) bond motifs is 1. The van der Waals surface area contributed by atoms with Crippen LogP contribution < -0.4 is 5.32 Å². The van der Waals surface area contributed by atoms with Crippen molar-refractivity contribution in [1.29, 1.82) is 0 Å². The molecule has 0 aliphatic rings. The van der Waals surface area contributed by atoms with Crippen LogP contribution in [0.25, 0.3) is 11.0 Å². The lowest BCUT2D eigenvalue weighted by molar-refractivity contribution is 0.0595. The summed E-state index contributed by atoms with van der Waals surface area (Å²) in [4.78, 5) is 22.8. The first-order valence-electron chi connectivity index (χ1n) is 5.95. The molecule has 0 amide bonds. The van der Waals surface area contributed by atoms with Gasteiger partial charge in [0.25, 0.3) is 0 Å². The fraction of sp³-hybridized carbons (Fsp3) is 0.154. The number of hydrogen-bond donors (Lipinski definition) is 2. The summed E-state index contributed by atoms with van der Waals surface area (Å²) in [5, 5.41) is 7.05. The van der Waals surface area contributed by atoms with Gasteiger partial charge in [-0.2, -0.15) is 0 Å². The summed E-state index contributed by atoms with van der Waals surface area (Å²) >= 11 is 1.60. The van der Waals surface area contributed by atoms with Gasteiger partial charge in [-0.25, -0.2) is 14.8 Å². The van der Waals surface area contributed by atoms with Crippen molar-refractivity contribution >= 4 is 34.0 Å². The molecule has 7 heteroatoms. The third-order valence-corrected chi connectivity index (χ3v) is 3.58. The van der Waals surface area contributed by atoms with E-state index in [0.29, 0.717) is 17.9 Å². The van der Waals surface area contributed by atoms with E-state index in [4.69, 9.17) is 0 Å². The normalized spacial score (nSPS) is 10.7. The highest BCUT2D eigenvalue weighted by molar-refractivity contribution is 7.09. The van der Waals surface area contributed by atoms with Crippen molar-refractivity contribution in [2.75, 3.05) is 12.4 Å². The molecule has 0 radical (unpaired) electrons. The predicted octanol–water partition coefficient (Wildman–Crippen LogP) is 2.42. The number of aromatic amines is 1. The van der Waals surface area contributed by atoms with Gasteiger partial charge in [-0.3, -0.25) is 0 Å². The molecule has 0 aliphatic carbocycles. The van der Waals surface area contributed by atoms with Crippen LogP contribution in [-0.4, -0.2) is 28.0 Å². The summed E-state index contributed by atoms with van der Waals surface area (Å²) in [5.74, 6) is -0.403. The molecular weight excluding hydrogens is 276 g/mol. The Morgan fingerprint density at radius 1 is 1.45 bits per heavy atom. The molecule has 3 aromatic heterocycles. The van der Waals surface area contributed by atoms with Crippen LogP contribution in [0.5, 0.6) is 0 Å². The lowest BCUT2D eigenvalue weighted by Gasteiger charge is -2.03. The largest absolute Gasteiger partial charge is 0.464 e. The highest BCUT2D eigenvalue weighted by Crippen LogP contribution is 2.19. The van der Waals surface area contributed by atoms with Crippen molar-refractivity contribution in [3.63, 3.8) is 0 Å². The monoisotopic (exact) mass is 288 g/mol. The third kappa shape index (κ3) is 2.48. The molecule has 0 saturated carbocycles. The highest BCUT2D eigenvalue weighted by atomic mass is 32.1. The number of nitrogens with zero attached hydrogens (tertiary/aromatic N) is 2. The Hall–Kier alpha value is -2.41. The molecule has 2 N–H and O–H groups in total. The first-order valence-corrected chi connectivity index (χ1v) is 6.83. The molecule has 3 heterocycles. The van der Waals surface area contributed by atoms with Gasteiger partial charge in [0, 0.05) is 17.0 Å². The summed E-state index contributed by atoms with van der Waals surface area (Å²) in [6, 6.07) is 3.65. The summed E-state index contributed by atoms with van der Waals surface area (Å²) < 4.78 is 4.67. The van der Waals surface area contributed by atoms with Crippen LogP contribution >= 0.6 is 11.3 Å². The predicted molar refractivity (Wildman–Crippen MR) is 76.9 cm³/mol. The van der Waals surface area contributed by atoms with Crippen molar-refractivity contribution in [3.05, 3.63) is 40.6 Å². The Morgan fingerprint density at radius 3 is 3.10 bits per heavy atom. The average Bonchev–Trinajstić information content (AvgIpc) is 3.12. The topological polar surface area (TPSA) is 79.9 Å². The van der Waals surface area contributed by atoms with Crippen LogP contribution in [0.3, 0.4) is 0 Å². The molecule has 6 nitrogen and oxygen atoms in total. The van der Waals surface area contributed by atoms with Crippen molar-refractivity contribution < 1.29 is 9.53 Å². The van der Waals surface area contributed by atoms with Gasteiger partial charge >= 0.3 is 5.97 Å². The zero-order chi connectivity index (χ0) is 13.9. The second kappa shape index (κ2) is 5.30. The summed E-state index contributed by atoms with van der Waals surface area (Å²) in [5.41, 5.74) is 1.93. The van der Waals surface area contributed by atoms with Gasteiger partial charge in [0.1, 0.15) is 16.3 Å². The van der Waals surface area contributed by atoms with Crippen LogP contribution in [-0.2, 0) is 11.3 Å². The molecule has 0 fully saturated rings. The van der Waals surface area contributed by atoms with Crippen molar-refractivity contribution in [3.8, 4) is 0 Å². The number of thiazole rings is 1. The maximum atomic E-state index is 11.4. The molecule has 3 aromatic rings. The minimum atomic E-state index is -0.403. The summed E-state index contributed by atoms with van der Waals surface area (Å²) in [6.45, 7) is 0.652. The van der Waals surface area contributed by atoms with Gasteiger partial charge in [0.05, 0.1) is 25.5 Å². The van der Waals surface area contributed by atoms with E-state index < -0.39 is 5.97 Å². The van der Waals surface area contributed by atoms with Crippen LogP contribution in [0.4, 0.5) is 5.69 Å². The Balaban J connectivity index is 1.81. The van der Waals surface area contributed by atoms with Crippen LogP contribution in [0.1, 0.15) is 15.5 Å². The number of methoxy groups -OCH3 is 1. The van der Waals surface area contributed by atoms with Gasteiger partial charge in [-0.15, -0.1) is 11.3 Å². The Kier molecular flexibility index (Phi) is 3.34. The number of carbonyl (C=O) groups is 1. The van der Waals surface area contributed by atoms with Gasteiger partial charge in [-0.1, -0.05) is 0 Å². The van der Waals surface area contributed by atoms with Gasteiger partial charge in [-0.05, 0) is 12.1 Å². The van der Waals surface area contributed by atoms with E-state index in [0.717, 1.165) is 16.1 Å². The molecule has 0 saturated heterocycles. The number of esters is 1. The summed E-state index contributed by atoms with van der Waals surface area (Å²) in [6.07, 6.45) is 3.49. The number of nitrogens with one attached hydrogen (secondary N) is 2. The molecular formula is C13H12N4O2S. The fourth-order valence-electron chi connectivity index (χ4n) is 1.85. The van der Waals surface area contributed by atoms with E-state index in [1.54, 1.807) is 29.8 Å².